The fourth-order valence-electron chi connectivity index (χ4n) is 3.86. The Bertz CT molecular complexity index is 573. The predicted octanol–water partition coefficient (Wildman–Crippen LogP) is 2.07. The van der Waals surface area contributed by atoms with Crippen molar-refractivity contribution in [3.8, 4) is 0 Å². The van der Waals surface area contributed by atoms with Crippen LogP contribution in [0.4, 0.5) is 0 Å². The first-order valence-corrected chi connectivity index (χ1v) is 9.65. The molecule has 0 aromatic heterocycles. The number of benzene rings is 1. The standard InChI is InChI=1S/C16H24N2O2S/c1-21(19,20)18-12-6-10-16(18)15-9-5-11-17(15)13-14-7-3-2-4-8-14/h2-4,7-8,15-16H,5-6,9-13H2,1H3/t15-,16+/m0/s1. The number of rotatable bonds is 4. The fraction of sp³-hybridized carbons (Fsp3) is 0.625. The van der Waals surface area contributed by atoms with Gasteiger partial charge in [-0.05, 0) is 37.8 Å². The molecule has 0 bridgehead atoms. The summed E-state index contributed by atoms with van der Waals surface area (Å²) in [6.07, 6.45) is 5.63. The first-order chi connectivity index (χ1) is 10.1. The van der Waals surface area contributed by atoms with Gasteiger partial charge in [0.05, 0.1) is 6.26 Å². The Balaban J connectivity index is 1.75. The molecule has 0 saturated carbocycles. The normalized spacial score (nSPS) is 28.2. The Labute approximate surface area is 127 Å². The molecular weight excluding hydrogens is 284 g/mol. The minimum atomic E-state index is -3.08. The molecule has 2 saturated heterocycles. The van der Waals surface area contributed by atoms with Gasteiger partial charge in [-0.3, -0.25) is 4.90 Å². The maximum Gasteiger partial charge on any atom is 0.211 e. The zero-order valence-electron chi connectivity index (χ0n) is 12.6. The highest BCUT2D eigenvalue weighted by Gasteiger charge is 2.41. The van der Waals surface area contributed by atoms with Gasteiger partial charge in [-0.15, -0.1) is 0 Å². The maximum absolute atomic E-state index is 12.0. The van der Waals surface area contributed by atoms with Crippen molar-refractivity contribution in [1.82, 2.24) is 9.21 Å². The van der Waals surface area contributed by atoms with Crippen LogP contribution < -0.4 is 0 Å². The van der Waals surface area contributed by atoms with E-state index in [0.717, 1.165) is 32.4 Å². The molecule has 2 aliphatic heterocycles. The lowest BCUT2D eigenvalue weighted by molar-refractivity contribution is 0.173. The zero-order valence-corrected chi connectivity index (χ0v) is 13.4. The fourth-order valence-corrected chi connectivity index (χ4v) is 5.06. The van der Waals surface area contributed by atoms with Crippen LogP contribution in [0.15, 0.2) is 30.3 Å². The van der Waals surface area contributed by atoms with Crippen molar-refractivity contribution in [3.05, 3.63) is 35.9 Å². The lowest BCUT2D eigenvalue weighted by atomic mass is 10.0. The van der Waals surface area contributed by atoms with Crippen molar-refractivity contribution in [2.45, 2.75) is 44.3 Å². The monoisotopic (exact) mass is 308 g/mol. The Kier molecular flexibility index (Phi) is 4.33. The van der Waals surface area contributed by atoms with Crippen LogP contribution in [0.1, 0.15) is 31.2 Å². The highest BCUT2D eigenvalue weighted by Crippen LogP contribution is 2.32. The van der Waals surface area contributed by atoms with Crippen molar-refractivity contribution in [2.75, 3.05) is 19.3 Å². The Morgan fingerprint density at radius 2 is 1.71 bits per heavy atom. The van der Waals surface area contributed by atoms with Crippen molar-refractivity contribution in [3.63, 3.8) is 0 Å². The van der Waals surface area contributed by atoms with E-state index < -0.39 is 10.0 Å². The van der Waals surface area contributed by atoms with Gasteiger partial charge in [0, 0.05) is 25.2 Å². The van der Waals surface area contributed by atoms with Crippen LogP contribution in [0.3, 0.4) is 0 Å². The third-order valence-electron chi connectivity index (χ3n) is 4.76. The molecule has 0 aliphatic carbocycles. The van der Waals surface area contributed by atoms with Gasteiger partial charge >= 0.3 is 0 Å². The molecule has 3 rings (SSSR count). The Morgan fingerprint density at radius 1 is 1.05 bits per heavy atom. The van der Waals surface area contributed by atoms with Gasteiger partial charge in [0.1, 0.15) is 0 Å². The summed E-state index contributed by atoms with van der Waals surface area (Å²) in [7, 11) is -3.08. The summed E-state index contributed by atoms with van der Waals surface area (Å²) < 4.78 is 25.7. The largest absolute Gasteiger partial charge is 0.295 e. The number of likely N-dealkylation sites (tertiary alicyclic amines) is 1. The predicted molar refractivity (Wildman–Crippen MR) is 84.4 cm³/mol. The molecule has 2 fully saturated rings. The molecule has 0 unspecified atom stereocenters. The van der Waals surface area contributed by atoms with Crippen molar-refractivity contribution in [1.29, 1.82) is 0 Å². The second-order valence-electron chi connectivity index (χ2n) is 6.25. The van der Waals surface area contributed by atoms with Crippen LogP contribution >= 0.6 is 0 Å². The molecule has 0 radical (unpaired) electrons. The summed E-state index contributed by atoms with van der Waals surface area (Å²) in [6, 6.07) is 11.0. The minimum Gasteiger partial charge on any atom is -0.295 e. The summed E-state index contributed by atoms with van der Waals surface area (Å²) in [5.41, 5.74) is 1.31. The average molecular weight is 308 g/mol. The smallest absolute Gasteiger partial charge is 0.211 e. The van der Waals surface area contributed by atoms with Crippen LogP contribution in [0, 0.1) is 0 Å². The molecule has 21 heavy (non-hydrogen) atoms. The topological polar surface area (TPSA) is 40.6 Å². The summed E-state index contributed by atoms with van der Waals surface area (Å²) in [5.74, 6) is 0. The first kappa shape index (κ1) is 15.0. The molecule has 2 aliphatic rings. The molecule has 0 N–H and O–H groups in total. The van der Waals surface area contributed by atoms with Crippen LogP contribution in [0.2, 0.25) is 0 Å². The van der Waals surface area contributed by atoms with Crippen molar-refractivity contribution in [2.24, 2.45) is 0 Å². The van der Waals surface area contributed by atoms with E-state index in [4.69, 9.17) is 0 Å². The van der Waals surface area contributed by atoms with Gasteiger partial charge in [-0.25, -0.2) is 8.42 Å². The number of sulfonamides is 1. The van der Waals surface area contributed by atoms with E-state index in [1.807, 2.05) is 6.07 Å². The van der Waals surface area contributed by atoms with Crippen LogP contribution in [-0.2, 0) is 16.6 Å². The molecule has 5 heteroatoms. The molecule has 1 aromatic rings. The quantitative estimate of drug-likeness (QED) is 0.855. The van der Waals surface area contributed by atoms with Gasteiger partial charge in [0.2, 0.25) is 10.0 Å². The first-order valence-electron chi connectivity index (χ1n) is 7.80. The molecule has 1 aromatic carbocycles. The Hall–Kier alpha value is -0.910. The number of hydrogen-bond acceptors (Lipinski definition) is 3. The van der Waals surface area contributed by atoms with Crippen LogP contribution in [0.5, 0.6) is 0 Å². The molecular formula is C16H24N2O2S. The molecule has 0 amide bonds. The van der Waals surface area contributed by atoms with Crippen LogP contribution in [0.25, 0.3) is 0 Å². The lowest BCUT2D eigenvalue weighted by Crippen LogP contribution is -2.47. The number of nitrogens with zero attached hydrogens (tertiary/aromatic N) is 2. The lowest BCUT2D eigenvalue weighted by Gasteiger charge is -2.33. The molecule has 2 heterocycles. The summed E-state index contributed by atoms with van der Waals surface area (Å²) in [5, 5.41) is 0. The third kappa shape index (κ3) is 3.30. The Morgan fingerprint density at radius 3 is 2.43 bits per heavy atom. The van der Waals surface area contributed by atoms with Gasteiger partial charge in [0.15, 0.2) is 0 Å². The van der Waals surface area contributed by atoms with E-state index in [-0.39, 0.29) is 6.04 Å². The summed E-state index contributed by atoms with van der Waals surface area (Å²) in [6.45, 7) is 2.70. The third-order valence-corrected chi connectivity index (χ3v) is 6.07. The highest BCUT2D eigenvalue weighted by atomic mass is 32.2. The van der Waals surface area contributed by atoms with Gasteiger partial charge in [0.25, 0.3) is 0 Å². The van der Waals surface area contributed by atoms with E-state index >= 15 is 0 Å². The second kappa shape index (κ2) is 6.07. The number of hydrogen-bond donors (Lipinski definition) is 0. The maximum atomic E-state index is 12.0. The van der Waals surface area contributed by atoms with Gasteiger partial charge < -0.3 is 0 Å². The van der Waals surface area contributed by atoms with Crippen LogP contribution in [-0.4, -0.2) is 49.1 Å². The van der Waals surface area contributed by atoms with Gasteiger partial charge in [-0.2, -0.15) is 4.31 Å². The SMILES string of the molecule is CS(=O)(=O)N1CCC[C@@H]1[C@@H]1CCCN1Cc1ccccc1. The highest BCUT2D eigenvalue weighted by molar-refractivity contribution is 7.88. The van der Waals surface area contributed by atoms with E-state index in [2.05, 4.69) is 29.2 Å². The minimum absolute atomic E-state index is 0.172. The van der Waals surface area contributed by atoms with Crippen molar-refractivity contribution >= 4 is 10.0 Å². The van der Waals surface area contributed by atoms with E-state index in [0.29, 0.717) is 12.6 Å². The second-order valence-corrected chi connectivity index (χ2v) is 8.18. The molecule has 4 nitrogen and oxygen atoms in total. The molecule has 2 atom stereocenters. The zero-order chi connectivity index (χ0) is 14.9. The molecule has 0 spiro atoms. The van der Waals surface area contributed by atoms with E-state index in [1.165, 1.54) is 18.2 Å². The van der Waals surface area contributed by atoms with E-state index in [1.54, 1.807) is 4.31 Å². The van der Waals surface area contributed by atoms with Gasteiger partial charge in [-0.1, -0.05) is 30.3 Å². The van der Waals surface area contributed by atoms with E-state index in [9.17, 15) is 8.42 Å². The average Bonchev–Trinajstić information content (AvgIpc) is 3.07. The molecule has 116 valence electrons. The summed E-state index contributed by atoms with van der Waals surface area (Å²) in [4.78, 5) is 2.48. The van der Waals surface area contributed by atoms with Crippen molar-refractivity contribution < 1.29 is 8.42 Å². The summed E-state index contributed by atoms with van der Waals surface area (Å²) >= 11 is 0.